The number of hydrogen-bond acceptors (Lipinski definition) is 10. The van der Waals surface area contributed by atoms with Crippen LogP contribution in [0.3, 0.4) is 0 Å². The lowest BCUT2D eigenvalue weighted by atomic mass is 10.2. The van der Waals surface area contributed by atoms with Gasteiger partial charge in [-0.3, -0.25) is 0 Å². The van der Waals surface area contributed by atoms with E-state index in [2.05, 4.69) is 37.2 Å². The van der Waals surface area contributed by atoms with Crippen LogP contribution in [0.15, 0.2) is 61.6 Å². The molecular formula is C28H27N10O2+. The first-order valence-corrected chi connectivity index (χ1v) is 12.7. The Hall–Kier alpha value is -5.26. The summed E-state index contributed by atoms with van der Waals surface area (Å²) in [6.07, 6.45) is 5.24. The van der Waals surface area contributed by atoms with Gasteiger partial charge < -0.3 is 15.0 Å². The zero-order valence-corrected chi connectivity index (χ0v) is 22.4. The van der Waals surface area contributed by atoms with Crippen LogP contribution in [0.4, 0.5) is 17.5 Å². The minimum absolute atomic E-state index is 0.130. The van der Waals surface area contributed by atoms with Gasteiger partial charge in [0.15, 0.2) is 11.5 Å². The van der Waals surface area contributed by atoms with E-state index < -0.39 is 0 Å². The number of rotatable bonds is 6. The van der Waals surface area contributed by atoms with Crippen molar-refractivity contribution in [2.75, 3.05) is 30.4 Å². The maximum Gasteiger partial charge on any atom is 0.411 e. The number of amides is 1. The highest BCUT2D eigenvalue weighted by molar-refractivity contribution is 5.94. The number of likely N-dealkylation sites (N-methyl/N-ethyl adjacent to an activating group) is 1. The van der Waals surface area contributed by atoms with Crippen molar-refractivity contribution in [1.82, 2.24) is 34.9 Å². The Balaban J connectivity index is 1.23. The predicted octanol–water partition coefficient (Wildman–Crippen LogP) is 3.55. The van der Waals surface area contributed by atoms with Crippen molar-refractivity contribution in [1.29, 1.82) is 0 Å². The predicted molar refractivity (Wildman–Crippen MR) is 151 cm³/mol. The number of carbonyl (C=O) groups excluding carboxylic acids is 1. The van der Waals surface area contributed by atoms with Crippen molar-refractivity contribution in [3.8, 4) is 11.5 Å². The van der Waals surface area contributed by atoms with E-state index in [0.717, 1.165) is 40.2 Å². The van der Waals surface area contributed by atoms with Crippen molar-refractivity contribution < 1.29 is 14.1 Å². The average molecular weight is 536 g/mol. The van der Waals surface area contributed by atoms with E-state index in [-0.39, 0.29) is 5.91 Å². The third-order valence-electron chi connectivity index (χ3n) is 6.92. The fourth-order valence-corrected chi connectivity index (χ4v) is 4.66. The molecule has 1 fully saturated rings. The number of nitrogens with zero attached hydrogens (tertiary/aromatic N) is 9. The second kappa shape index (κ2) is 10.1. The molecule has 0 atom stereocenters. The van der Waals surface area contributed by atoms with E-state index in [9.17, 15) is 4.79 Å². The van der Waals surface area contributed by atoms with Crippen molar-refractivity contribution in [2.45, 2.75) is 13.3 Å². The van der Waals surface area contributed by atoms with Crippen LogP contribution in [0.2, 0.25) is 0 Å². The first-order chi connectivity index (χ1) is 19.4. The van der Waals surface area contributed by atoms with Gasteiger partial charge >= 0.3 is 5.91 Å². The number of hydrogen-bond donors (Lipinski definition) is 1. The lowest BCUT2D eigenvalue weighted by Gasteiger charge is -2.15. The third kappa shape index (κ3) is 4.70. The quantitative estimate of drug-likeness (QED) is 0.255. The Kier molecular flexibility index (Phi) is 6.34. The number of aryl methyl sites for hydroxylation is 2. The molecule has 0 saturated carbocycles. The van der Waals surface area contributed by atoms with Crippen LogP contribution in [-0.4, -0.2) is 71.3 Å². The molecule has 3 aromatic heterocycles. The molecule has 1 aliphatic rings. The minimum atomic E-state index is -0.130. The zero-order valence-electron chi connectivity index (χ0n) is 22.4. The Bertz CT molecular complexity index is 1830. The summed E-state index contributed by atoms with van der Waals surface area (Å²) >= 11 is 0. The van der Waals surface area contributed by atoms with Crippen LogP contribution >= 0.6 is 0 Å². The molecule has 0 unspecified atom stereocenters. The summed E-state index contributed by atoms with van der Waals surface area (Å²) < 4.78 is 9.49. The zero-order chi connectivity index (χ0) is 27.8. The number of nitrogens with one attached hydrogen (secondary N) is 1. The van der Waals surface area contributed by atoms with Crippen molar-refractivity contribution in [3.05, 3.63) is 67.1 Å². The van der Waals surface area contributed by atoms with Crippen molar-refractivity contribution >= 4 is 51.1 Å². The van der Waals surface area contributed by atoms with Crippen molar-refractivity contribution in [2.24, 2.45) is 7.05 Å². The van der Waals surface area contributed by atoms with Crippen LogP contribution in [0.1, 0.15) is 12.0 Å². The summed E-state index contributed by atoms with van der Waals surface area (Å²) in [6.45, 7) is 6.82. The maximum atomic E-state index is 12.0. The lowest BCUT2D eigenvalue weighted by Crippen LogP contribution is -2.27. The van der Waals surface area contributed by atoms with Gasteiger partial charge in [0.1, 0.15) is 48.0 Å². The first kappa shape index (κ1) is 25.0. The largest absolute Gasteiger partial charge is 0.457 e. The Morgan fingerprint density at radius 1 is 1.15 bits per heavy atom. The van der Waals surface area contributed by atoms with Crippen LogP contribution in [-0.2, 0) is 11.8 Å². The maximum absolute atomic E-state index is 12.0. The van der Waals surface area contributed by atoms with E-state index >= 15 is 0 Å². The molecule has 0 spiro atoms. The first-order valence-electron chi connectivity index (χ1n) is 12.7. The highest BCUT2D eigenvalue weighted by atomic mass is 16.5. The number of aromatic nitrogens is 7. The van der Waals surface area contributed by atoms with Gasteiger partial charge in [0.2, 0.25) is 5.95 Å². The molecule has 0 aliphatic carbocycles. The smallest absolute Gasteiger partial charge is 0.411 e. The van der Waals surface area contributed by atoms with Crippen LogP contribution < -0.4 is 15.0 Å². The number of ether oxygens (including phenoxy) is 1. The Morgan fingerprint density at radius 3 is 2.85 bits per heavy atom. The van der Waals surface area contributed by atoms with Crippen LogP contribution in [0.25, 0.3) is 22.1 Å². The van der Waals surface area contributed by atoms with Gasteiger partial charge in [-0.2, -0.15) is 4.58 Å². The highest BCUT2D eigenvalue weighted by Crippen LogP contribution is 2.31. The molecule has 1 amide bonds. The number of anilines is 3. The monoisotopic (exact) mass is 535 g/mol. The fraction of sp³-hybridized carbons (Fsp3) is 0.214. The summed E-state index contributed by atoms with van der Waals surface area (Å²) in [7, 11) is 3.61. The van der Waals surface area contributed by atoms with Gasteiger partial charge in [0.25, 0.3) is 0 Å². The molecule has 5 aromatic rings. The normalized spacial score (nSPS) is 14.5. The van der Waals surface area contributed by atoms with Crippen LogP contribution in [0.5, 0.6) is 11.5 Å². The van der Waals surface area contributed by atoms with Gasteiger partial charge in [-0.05, 0) is 42.8 Å². The van der Waals surface area contributed by atoms with Gasteiger partial charge in [0.05, 0.1) is 11.7 Å². The standard InChI is InChI=1S/C28H27N10O2/c1-5-25(39)36(3)19-10-11-38(15-19)28-29-14-22-26(33-28)27(31-16-30-22)32-18-6-9-24(17(2)12-18)40-20-7-8-23-21(13-20)34-35-37(23)4/h5-9,12-14,16H,1,10-11,15H2,2-4H3,(H,30,31,32)/q+1. The lowest BCUT2D eigenvalue weighted by molar-refractivity contribution is -0.414. The summed E-state index contributed by atoms with van der Waals surface area (Å²) in [5.74, 6) is 2.41. The van der Waals surface area contributed by atoms with E-state index in [1.807, 2.05) is 55.3 Å². The van der Waals surface area contributed by atoms with Gasteiger partial charge in [0, 0.05) is 37.8 Å². The molecule has 1 saturated heterocycles. The second-order valence-electron chi connectivity index (χ2n) is 9.54. The Morgan fingerprint density at radius 2 is 2.02 bits per heavy atom. The van der Waals surface area contributed by atoms with E-state index in [0.29, 0.717) is 41.6 Å². The van der Waals surface area contributed by atoms with E-state index in [4.69, 9.17) is 9.72 Å². The molecule has 12 nitrogen and oxygen atoms in total. The summed E-state index contributed by atoms with van der Waals surface area (Å²) in [5, 5.41) is 11.6. The molecule has 1 aliphatic heterocycles. The fourth-order valence-electron chi connectivity index (χ4n) is 4.66. The van der Waals surface area contributed by atoms with Crippen LogP contribution in [0, 0.1) is 6.92 Å². The van der Waals surface area contributed by atoms with Crippen molar-refractivity contribution in [3.63, 3.8) is 0 Å². The molecule has 12 heteroatoms. The number of fused-ring (bicyclic) bond motifs is 2. The SMILES string of the molecule is C=CC(=O)[N+](C)=C1CCN(c2ncc3ncnc(Nc4ccc(Oc5ccc6c(c5)nnn6C)c(C)c4)c3n2)C1. The molecule has 2 aromatic carbocycles. The molecule has 40 heavy (non-hydrogen) atoms. The topological polar surface area (TPSA) is 127 Å². The molecule has 0 radical (unpaired) electrons. The molecular weight excluding hydrogens is 508 g/mol. The summed E-state index contributed by atoms with van der Waals surface area (Å²) in [5.41, 5.74) is 5.70. The minimum Gasteiger partial charge on any atom is -0.457 e. The second-order valence-corrected chi connectivity index (χ2v) is 9.54. The highest BCUT2D eigenvalue weighted by Gasteiger charge is 2.28. The van der Waals surface area contributed by atoms with Gasteiger partial charge in [-0.1, -0.05) is 11.8 Å². The molecule has 0 bridgehead atoms. The summed E-state index contributed by atoms with van der Waals surface area (Å²) in [4.78, 5) is 32.1. The molecule has 6 rings (SSSR count). The molecule has 1 N–H and O–H groups in total. The number of carbonyl (C=O) groups is 1. The van der Waals surface area contributed by atoms with Gasteiger partial charge in [-0.25, -0.2) is 29.4 Å². The Labute approximate surface area is 229 Å². The molecule has 200 valence electrons. The van der Waals surface area contributed by atoms with Gasteiger partial charge in [-0.15, -0.1) is 5.10 Å². The third-order valence-corrected chi connectivity index (χ3v) is 6.92. The van der Waals surface area contributed by atoms with E-state index in [1.165, 1.54) is 12.4 Å². The molecule has 4 heterocycles. The summed E-state index contributed by atoms with van der Waals surface area (Å²) in [6, 6.07) is 11.5. The number of benzene rings is 2. The van der Waals surface area contributed by atoms with E-state index in [1.54, 1.807) is 22.5 Å². The average Bonchev–Trinajstić information content (AvgIpc) is 3.61.